The van der Waals surface area contributed by atoms with Crippen LogP contribution >= 0.6 is 11.6 Å². The van der Waals surface area contributed by atoms with Crippen molar-refractivity contribution in [3.8, 4) is 11.1 Å². The average Bonchev–Trinajstić information content (AvgIpc) is 3.43. The first-order chi connectivity index (χ1) is 18.4. The molecular weight excluding hydrogens is 511 g/mol. The molecule has 1 aliphatic rings. The highest BCUT2D eigenvalue weighted by Gasteiger charge is 2.34. The number of halogens is 2. The zero-order valence-electron chi connectivity index (χ0n) is 21.3. The SMILES string of the molecule is CCOC(=O)[C@@H](C[C@H](CC(=O)c1cn[nH]n1)Cc1ccc(-c2cc(Cl)ccc2F)cc1)CN1CC[C@H]1CO. The van der Waals surface area contributed by atoms with Crippen molar-refractivity contribution in [2.24, 2.45) is 11.8 Å². The number of benzene rings is 2. The van der Waals surface area contributed by atoms with Crippen LogP contribution in [0, 0.1) is 17.7 Å². The molecule has 1 fully saturated rings. The van der Waals surface area contributed by atoms with Gasteiger partial charge in [0.1, 0.15) is 11.5 Å². The van der Waals surface area contributed by atoms with Gasteiger partial charge >= 0.3 is 5.97 Å². The molecule has 2 aromatic carbocycles. The van der Waals surface area contributed by atoms with E-state index in [2.05, 4.69) is 20.3 Å². The highest BCUT2D eigenvalue weighted by atomic mass is 35.5. The molecule has 0 bridgehead atoms. The first kappa shape index (κ1) is 27.9. The van der Waals surface area contributed by atoms with Crippen molar-refractivity contribution in [1.29, 1.82) is 0 Å². The van der Waals surface area contributed by atoms with Gasteiger partial charge in [-0.25, -0.2) is 4.39 Å². The van der Waals surface area contributed by atoms with Crippen molar-refractivity contribution < 1.29 is 23.8 Å². The summed E-state index contributed by atoms with van der Waals surface area (Å²) in [6.07, 6.45) is 3.42. The number of H-pyrrole nitrogens is 1. The molecule has 4 rings (SSSR count). The molecule has 0 unspecified atom stereocenters. The molecule has 38 heavy (non-hydrogen) atoms. The Morgan fingerprint density at radius 3 is 2.68 bits per heavy atom. The van der Waals surface area contributed by atoms with Crippen LogP contribution in [0.4, 0.5) is 4.39 Å². The maximum atomic E-state index is 14.3. The molecule has 0 amide bonds. The number of carbonyl (C=O) groups excluding carboxylic acids is 2. The average molecular weight is 543 g/mol. The molecule has 202 valence electrons. The van der Waals surface area contributed by atoms with Gasteiger partial charge in [-0.05, 0) is 61.4 Å². The maximum Gasteiger partial charge on any atom is 0.310 e. The smallest absolute Gasteiger partial charge is 0.310 e. The quantitative estimate of drug-likeness (QED) is 0.244. The Morgan fingerprint density at radius 1 is 1.26 bits per heavy atom. The van der Waals surface area contributed by atoms with Gasteiger partial charge in [-0.3, -0.25) is 14.5 Å². The van der Waals surface area contributed by atoms with Crippen LogP contribution in [0.1, 0.15) is 42.2 Å². The summed E-state index contributed by atoms with van der Waals surface area (Å²) < 4.78 is 19.7. The number of ketones is 1. The van der Waals surface area contributed by atoms with Gasteiger partial charge in [-0.2, -0.15) is 15.4 Å². The van der Waals surface area contributed by atoms with Crippen LogP contribution in [0.25, 0.3) is 11.1 Å². The number of nitrogens with one attached hydrogen (secondary N) is 1. The molecule has 1 aromatic heterocycles. The number of aromatic nitrogens is 3. The number of carbonyl (C=O) groups is 2. The first-order valence-electron chi connectivity index (χ1n) is 12.8. The predicted octanol–water partition coefficient (Wildman–Crippen LogP) is 4.33. The number of hydrogen-bond acceptors (Lipinski definition) is 7. The fraction of sp³-hybridized carbons (Fsp3) is 0.429. The van der Waals surface area contributed by atoms with Gasteiger partial charge in [0.15, 0.2) is 5.78 Å². The minimum Gasteiger partial charge on any atom is -0.466 e. The van der Waals surface area contributed by atoms with Crippen molar-refractivity contribution >= 4 is 23.4 Å². The Morgan fingerprint density at radius 2 is 2.05 bits per heavy atom. The third-order valence-electron chi connectivity index (χ3n) is 7.06. The number of hydrogen-bond donors (Lipinski definition) is 2. The minimum absolute atomic E-state index is 0.0431. The molecule has 0 spiro atoms. The van der Waals surface area contributed by atoms with Crippen molar-refractivity contribution in [2.75, 3.05) is 26.3 Å². The Kier molecular flexibility index (Phi) is 9.60. The standard InChI is InChI=1S/C28H32ClFN4O4/c1-2-38-28(37)21(16-34-10-9-23(34)17-35)12-19(13-27(36)26-15-31-33-32-26)11-18-3-5-20(6-4-18)24-14-22(29)7-8-25(24)30/h3-8,14-15,19,21,23,35H,2,9-13,16-17H2,1H3,(H,31,32,33)/t19-,21+,23+/m1/s1. The van der Waals surface area contributed by atoms with E-state index in [4.69, 9.17) is 16.3 Å². The van der Waals surface area contributed by atoms with E-state index in [0.29, 0.717) is 35.5 Å². The van der Waals surface area contributed by atoms with E-state index in [-0.39, 0.29) is 54.9 Å². The van der Waals surface area contributed by atoms with Crippen molar-refractivity contribution in [3.63, 3.8) is 0 Å². The third-order valence-corrected chi connectivity index (χ3v) is 7.30. The van der Waals surface area contributed by atoms with Gasteiger partial charge in [-0.1, -0.05) is 35.9 Å². The Labute approximate surface area is 226 Å². The van der Waals surface area contributed by atoms with Gasteiger partial charge in [-0.15, -0.1) is 0 Å². The largest absolute Gasteiger partial charge is 0.466 e. The van der Waals surface area contributed by atoms with Crippen molar-refractivity contribution in [2.45, 2.75) is 38.6 Å². The zero-order chi connectivity index (χ0) is 27.1. The van der Waals surface area contributed by atoms with E-state index in [1.807, 2.05) is 24.3 Å². The summed E-state index contributed by atoms with van der Waals surface area (Å²) in [4.78, 5) is 27.9. The number of Topliss-reactive ketones (excluding diaryl/α,β-unsaturated/α-hetero) is 1. The fourth-order valence-electron chi connectivity index (χ4n) is 4.95. The second-order valence-corrected chi connectivity index (χ2v) is 10.1. The van der Waals surface area contributed by atoms with Crippen LogP contribution in [0.5, 0.6) is 0 Å². The lowest BCUT2D eigenvalue weighted by Gasteiger charge is -2.41. The van der Waals surface area contributed by atoms with E-state index >= 15 is 0 Å². The topological polar surface area (TPSA) is 108 Å². The Bertz CT molecular complexity index is 1220. The molecule has 8 nitrogen and oxygen atoms in total. The second kappa shape index (κ2) is 13.1. The molecule has 0 saturated carbocycles. The number of aliphatic hydroxyl groups is 1. The summed E-state index contributed by atoms with van der Waals surface area (Å²) in [6.45, 7) is 3.36. The molecule has 2 N–H and O–H groups in total. The molecule has 3 atom stereocenters. The van der Waals surface area contributed by atoms with E-state index in [1.165, 1.54) is 18.3 Å². The highest BCUT2D eigenvalue weighted by molar-refractivity contribution is 6.30. The lowest BCUT2D eigenvalue weighted by Crippen LogP contribution is -2.52. The number of esters is 1. The Hall–Kier alpha value is -3.14. The summed E-state index contributed by atoms with van der Waals surface area (Å²) in [5, 5.41) is 20.2. The first-order valence-corrected chi connectivity index (χ1v) is 13.2. The number of ether oxygens (including phenoxy) is 1. The number of aromatic amines is 1. The molecule has 1 saturated heterocycles. The molecule has 1 aliphatic heterocycles. The van der Waals surface area contributed by atoms with Crippen LogP contribution in [-0.4, -0.2) is 69.5 Å². The molecular formula is C28H32ClFN4O4. The highest BCUT2D eigenvalue weighted by Crippen LogP contribution is 2.30. The normalized spacial score (nSPS) is 17.0. The summed E-state index contributed by atoms with van der Waals surface area (Å²) in [5.41, 5.74) is 2.31. The summed E-state index contributed by atoms with van der Waals surface area (Å²) >= 11 is 6.06. The zero-order valence-corrected chi connectivity index (χ0v) is 22.0. The van der Waals surface area contributed by atoms with Gasteiger partial charge in [0.2, 0.25) is 0 Å². The lowest BCUT2D eigenvalue weighted by molar-refractivity contribution is -0.150. The van der Waals surface area contributed by atoms with Gasteiger partial charge < -0.3 is 9.84 Å². The van der Waals surface area contributed by atoms with Crippen LogP contribution in [0.3, 0.4) is 0 Å². The lowest BCUT2D eigenvalue weighted by atomic mass is 9.84. The number of nitrogens with zero attached hydrogens (tertiary/aromatic N) is 3. The van der Waals surface area contributed by atoms with E-state index in [0.717, 1.165) is 18.5 Å². The molecule has 0 aliphatic carbocycles. The van der Waals surface area contributed by atoms with Crippen LogP contribution in [0.15, 0.2) is 48.7 Å². The Balaban J connectivity index is 1.53. The van der Waals surface area contributed by atoms with Crippen LogP contribution in [0.2, 0.25) is 5.02 Å². The van der Waals surface area contributed by atoms with Gasteiger partial charge in [0.05, 0.1) is 25.3 Å². The predicted molar refractivity (Wildman–Crippen MR) is 141 cm³/mol. The summed E-state index contributed by atoms with van der Waals surface area (Å²) in [5.74, 6) is -1.46. The maximum absolute atomic E-state index is 14.3. The van der Waals surface area contributed by atoms with Crippen molar-refractivity contribution in [3.05, 3.63) is 70.8 Å². The van der Waals surface area contributed by atoms with Gasteiger partial charge in [0.25, 0.3) is 0 Å². The number of aliphatic hydroxyl groups excluding tert-OH is 1. The summed E-state index contributed by atoms with van der Waals surface area (Å²) in [7, 11) is 0. The van der Waals surface area contributed by atoms with E-state index < -0.39 is 5.92 Å². The summed E-state index contributed by atoms with van der Waals surface area (Å²) in [6, 6.07) is 11.9. The second-order valence-electron chi connectivity index (χ2n) is 9.68. The van der Waals surface area contributed by atoms with Crippen LogP contribution < -0.4 is 0 Å². The third kappa shape index (κ3) is 7.03. The monoisotopic (exact) mass is 542 g/mol. The molecule has 0 radical (unpaired) electrons. The number of likely N-dealkylation sites (tertiary alicyclic amines) is 1. The van der Waals surface area contributed by atoms with E-state index in [9.17, 15) is 19.1 Å². The van der Waals surface area contributed by atoms with Crippen molar-refractivity contribution in [1.82, 2.24) is 20.3 Å². The fourth-order valence-corrected chi connectivity index (χ4v) is 5.12. The minimum atomic E-state index is -0.445. The van der Waals surface area contributed by atoms with Gasteiger partial charge in [0, 0.05) is 36.1 Å². The molecule has 2 heterocycles. The number of rotatable bonds is 13. The molecule has 3 aromatic rings. The van der Waals surface area contributed by atoms with Crippen LogP contribution in [-0.2, 0) is 16.0 Å². The molecule has 10 heteroatoms. The van der Waals surface area contributed by atoms with E-state index in [1.54, 1.807) is 13.0 Å².